The number of nitrogens with zero attached hydrogens (tertiary/aromatic N) is 1. The molecule has 2 saturated heterocycles. The second-order valence-electron chi connectivity index (χ2n) is 9.12. The fourth-order valence-corrected chi connectivity index (χ4v) is 4.42. The van der Waals surface area contributed by atoms with Crippen molar-refractivity contribution in [2.24, 2.45) is 0 Å². The Hall–Kier alpha value is -2.08. The minimum absolute atomic E-state index is 0.00133. The van der Waals surface area contributed by atoms with Crippen molar-refractivity contribution in [2.45, 2.75) is 76.1 Å². The number of ether oxygens (including phenoxy) is 1. The SMILES string of the molecule is CN1[C@H]2CC[C@H]1CC(NC(=O)C(CNC(=N)OC(C)(C)C)c1ccccc1)C2. The van der Waals surface area contributed by atoms with E-state index in [9.17, 15) is 4.79 Å². The van der Waals surface area contributed by atoms with E-state index >= 15 is 0 Å². The molecule has 3 atom stereocenters. The van der Waals surface area contributed by atoms with Gasteiger partial charge in [-0.05, 0) is 59.1 Å². The molecule has 6 nitrogen and oxygen atoms in total. The summed E-state index contributed by atoms with van der Waals surface area (Å²) in [6.45, 7) is 6.04. The molecule has 0 saturated carbocycles. The minimum atomic E-state index is -0.442. The summed E-state index contributed by atoms with van der Waals surface area (Å²) in [5.74, 6) is -0.335. The smallest absolute Gasteiger partial charge is 0.282 e. The zero-order chi connectivity index (χ0) is 20.3. The highest BCUT2D eigenvalue weighted by atomic mass is 16.5. The second kappa shape index (κ2) is 8.52. The lowest BCUT2D eigenvalue weighted by atomic mass is 9.94. The second-order valence-corrected chi connectivity index (χ2v) is 9.12. The van der Waals surface area contributed by atoms with E-state index < -0.39 is 5.60 Å². The molecule has 0 aromatic heterocycles. The van der Waals surface area contributed by atoms with E-state index in [0.717, 1.165) is 18.4 Å². The van der Waals surface area contributed by atoms with Crippen LogP contribution in [0.4, 0.5) is 0 Å². The molecule has 1 amide bonds. The highest BCUT2D eigenvalue weighted by molar-refractivity contribution is 5.85. The summed E-state index contributed by atoms with van der Waals surface area (Å²) in [4.78, 5) is 15.6. The lowest BCUT2D eigenvalue weighted by Gasteiger charge is -2.37. The number of hydrogen-bond donors (Lipinski definition) is 3. The normalized spacial score (nSPS) is 25.8. The van der Waals surface area contributed by atoms with Crippen molar-refractivity contribution >= 4 is 11.9 Å². The van der Waals surface area contributed by atoms with Crippen LogP contribution < -0.4 is 10.6 Å². The topological polar surface area (TPSA) is 77.5 Å². The van der Waals surface area contributed by atoms with Gasteiger partial charge in [-0.2, -0.15) is 0 Å². The van der Waals surface area contributed by atoms with Crippen molar-refractivity contribution in [1.29, 1.82) is 5.41 Å². The highest BCUT2D eigenvalue weighted by Gasteiger charge is 2.39. The van der Waals surface area contributed by atoms with Crippen LogP contribution >= 0.6 is 0 Å². The predicted molar refractivity (Wildman–Crippen MR) is 111 cm³/mol. The Bertz CT molecular complexity index is 672. The fourth-order valence-electron chi connectivity index (χ4n) is 4.42. The van der Waals surface area contributed by atoms with E-state index in [0.29, 0.717) is 18.6 Å². The van der Waals surface area contributed by atoms with Gasteiger partial charge in [0.05, 0.1) is 5.92 Å². The first-order chi connectivity index (χ1) is 13.2. The molecule has 28 heavy (non-hydrogen) atoms. The third-order valence-corrected chi connectivity index (χ3v) is 5.84. The monoisotopic (exact) mass is 386 g/mol. The molecule has 2 heterocycles. The van der Waals surface area contributed by atoms with Crippen LogP contribution in [0, 0.1) is 5.41 Å². The predicted octanol–water partition coefficient (Wildman–Crippen LogP) is 2.85. The molecule has 2 aliphatic rings. The van der Waals surface area contributed by atoms with Crippen LogP contribution in [-0.2, 0) is 9.53 Å². The molecule has 154 valence electrons. The number of fused-ring (bicyclic) bond motifs is 2. The van der Waals surface area contributed by atoms with Gasteiger partial charge >= 0.3 is 0 Å². The average molecular weight is 387 g/mol. The average Bonchev–Trinajstić information content (AvgIpc) is 2.82. The molecular weight excluding hydrogens is 352 g/mol. The number of nitrogens with one attached hydrogen (secondary N) is 3. The van der Waals surface area contributed by atoms with Crippen LogP contribution in [0.25, 0.3) is 0 Å². The third-order valence-electron chi connectivity index (χ3n) is 5.84. The molecule has 3 rings (SSSR count). The number of hydrogen-bond acceptors (Lipinski definition) is 4. The van der Waals surface area contributed by atoms with Gasteiger partial charge in [0, 0.05) is 24.7 Å². The third kappa shape index (κ3) is 5.25. The molecule has 0 aliphatic carbocycles. The van der Waals surface area contributed by atoms with E-state index in [-0.39, 0.29) is 23.9 Å². The Kier molecular flexibility index (Phi) is 6.28. The van der Waals surface area contributed by atoms with Crippen molar-refractivity contribution in [1.82, 2.24) is 15.5 Å². The largest absolute Gasteiger partial charge is 0.460 e. The number of carbonyl (C=O) groups is 1. The van der Waals surface area contributed by atoms with Crippen LogP contribution in [0.3, 0.4) is 0 Å². The first-order valence-corrected chi connectivity index (χ1v) is 10.3. The maximum atomic E-state index is 13.1. The molecule has 3 N–H and O–H groups in total. The van der Waals surface area contributed by atoms with Crippen LogP contribution in [0.1, 0.15) is 57.9 Å². The molecule has 1 unspecified atom stereocenters. The van der Waals surface area contributed by atoms with Gasteiger partial charge in [0.15, 0.2) is 0 Å². The van der Waals surface area contributed by atoms with Gasteiger partial charge in [-0.3, -0.25) is 10.2 Å². The Morgan fingerprint density at radius 2 is 1.82 bits per heavy atom. The van der Waals surface area contributed by atoms with Crippen LogP contribution in [0.2, 0.25) is 0 Å². The lowest BCUT2D eigenvalue weighted by molar-refractivity contribution is -0.123. The molecule has 0 radical (unpaired) electrons. The zero-order valence-electron chi connectivity index (χ0n) is 17.5. The minimum Gasteiger partial charge on any atom is -0.460 e. The summed E-state index contributed by atoms with van der Waals surface area (Å²) in [5.41, 5.74) is 0.508. The van der Waals surface area contributed by atoms with Crippen molar-refractivity contribution < 1.29 is 9.53 Å². The number of carbonyl (C=O) groups excluding carboxylic acids is 1. The van der Waals surface area contributed by atoms with E-state index in [2.05, 4.69) is 22.6 Å². The fraction of sp³-hybridized carbons (Fsp3) is 0.636. The number of rotatable bonds is 5. The molecule has 6 heteroatoms. The molecule has 1 aromatic rings. The molecule has 1 aromatic carbocycles. The number of piperidine rings is 1. The Balaban J connectivity index is 1.63. The van der Waals surface area contributed by atoms with Crippen molar-refractivity contribution in [3.05, 3.63) is 35.9 Å². The number of amides is 1. The van der Waals surface area contributed by atoms with Crippen molar-refractivity contribution in [3.63, 3.8) is 0 Å². The Labute approximate surface area is 168 Å². The summed E-state index contributed by atoms with van der Waals surface area (Å²) in [6.07, 6.45) is 4.52. The van der Waals surface area contributed by atoms with Crippen molar-refractivity contribution in [2.75, 3.05) is 13.6 Å². The molecule has 2 bridgehead atoms. The summed E-state index contributed by atoms with van der Waals surface area (Å²) in [6, 6.07) is 11.2. The molecular formula is C22H34N4O2. The van der Waals surface area contributed by atoms with Crippen LogP contribution in [0.15, 0.2) is 30.3 Å². The number of benzene rings is 1. The highest BCUT2D eigenvalue weighted by Crippen LogP contribution is 2.34. The molecule has 2 aliphatic heterocycles. The first-order valence-electron chi connectivity index (χ1n) is 10.3. The van der Waals surface area contributed by atoms with E-state index in [4.69, 9.17) is 10.1 Å². The van der Waals surface area contributed by atoms with Gasteiger partial charge in [-0.15, -0.1) is 0 Å². The van der Waals surface area contributed by atoms with Gasteiger partial charge in [0.25, 0.3) is 6.02 Å². The van der Waals surface area contributed by atoms with Gasteiger partial charge in [0.1, 0.15) is 5.60 Å². The quantitative estimate of drug-likeness (QED) is 0.537. The van der Waals surface area contributed by atoms with E-state index in [1.165, 1.54) is 12.8 Å². The Morgan fingerprint density at radius 3 is 2.39 bits per heavy atom. The summed E-state index contributed by atoms with van der Waals surface area (Å²) >= 11 is 0. The number of amidine groups is 1. The van der Waals surface area contributed by atoms with Crippen LogP contribution in [0.5, 0.6) is 0 Å². The standard InChI is InChI=1S/C22H34N4O2/c1-22(2,3)28-21(23)24-14-19(15-8-6-5-7-9-15)20(27)25-16-12-17-10-11-18(13-16)26(17)4/h5-9,16-19H,10-14H2,1-4H3,(H2,23,24)(H,25,27)/t17-,18-,19?/m0/s1. The van der Waals surface area contributed by atoms with Crippen LogP contribution in [-0.4, -0.2) is 54.1 Å². The van der Waals surface area contributed by atoms with E-state index in [1.54, 1.807) is 0 Å². The lowest BCUT2D eigenvalue weighted by Crippen LogP contribution is -2.50. The zero-order valence-corrected chi connectivity index (χ0v) is 17.5. The summed E-state index contributed by atoms with van der Waals surface area (Å²) in [7, 11) is 2.21. The van der Waals surface area contributed by atoms with Gasteiger partial charge in [0.2, 0.25) is 5.91 Å². The van der Waals surface area contributed by atoms with Gasteiger partial charge in [-0.1, -0.05) is 30.3 Å². The molecule has 0 spiro atoms. The van der Waals surface area contributed by atoms with E-state index in [1.807, 2.05) is 51.1 Å². The van der Waals surface area contributed by atoms with Gasteiger partial charge in [-0.25, -0.2) is 0 Å². The maximum absolute atomic E-state index is 13.1. The first kappa shape index (κ1) is 20.6. The van der Waals surface area contributed by atoms with Gasteiger partial charge < -0.3 is 20.3 Å². The Morgan fingerprint density at radius 1 is 1.21 bits per heavy atom. The molecule has 2 fully saturated rings. The summed E-state index contributed by atoms with van der Waals surface area (Å²) in [5, 5.41) is 14.3. The maximum Gasteiger partial charge on any atom is 0.282 e. The summed E-state index contributed by atoms with van der Waals surface area (Å²) < 4.78 is 5.54. The van der Waals surface area contributed by atoms with Crippen molar-refractivity contribution in [3.8, 4) is 0 Å².